The highest BCUT2D eigenvalue weighted by atomic mass is 32.2. The van der Waals surface area contributed by atoms with Gasteiger partial charge in [0.25, 0.3) is 16.0 Å². The Bertz CT molecular complexity index is 508. The lowest BCUT2D eigenvalue weighted by atomic mass is 9.46. The van der Waals surface area contributed by atoms with Crippen LogP contribution < -0.4 is 5.73 Å². The topological polar surface area (TPSA) is 80.4 Å². The van der Waals surface area contributed by atoms with Crippen molar-refractivity contribution >= 4 is 10.1 Å². The molecule has 5 atom stereocenters. The van der Waals surface area contributed by atoms with Crippen LogP contribution in [0.4, 0.5) is 8.78 Å². The summed E-state index contributed by atoms with van der Waals surface area (Å²) in [5.74, 6) is -3.68. The molecule has 0 spiro atoms. The van der Waals surface area contributed by atoms with Crippen LogP contribution in [0.1, 0.15) is 38.5 Å². The highest BCUT2D eigenvalue weighted by Gasteiger charge is 2.67. The van der Waals surface area contributed by atoms with E-state index >= 15 is 0 Å². The summed E-state index contributed by atoms with van der Waals surface area (Å²) in [6, 6.07) is 0. The third-order valence-electron chi connectivity index (χ3n) is 5.94. The molecule has 4 rings (SSSR count). The van der Waals surface area contributed by atoms with Crippen LogP contribution in [0.5, 0.6) is 0 Å². The maximum atomic E-state index is 14.8. The highest BCUT2D eigenvalue weighted by Crippen LogP contribution is 2.68. The predicted molar refractivity (Wildman–Crippen MR) is 74.5 cm³/mol. The van der Waals surface area contributed by atoms with Gasteiger partial charge in [-0.15, -0.1) is 0 Å². The molecular formula is C14H23F2NO3S. The summed E-state index contributed by atoms with van der Waals surface area (Å²) in [5.41, 5.74) is 4.48. The van der Waals surface area contributed by atoms with Crippen LogP contribution >= 0.6 is 0 Å². The van der Waals surface area contributed by atoms with Gasteiger partial charge in [-0.3, -0.25) is 4.55 Å². The molecule has 4 nitrogen and oxygen atoms in total. The van der Waals surface area contributed by atoms with Gasteiger partial charge >= 0.3 is 0 Å². The summed E-state index contributed by atoms with van der Waals surface area (Å²) in [4.78, 5) is 0. The van der Waals surface area contributed by atoms with E-state index in [1.807, 2.05) is 0 Å². The molecule has 3 unspecified atom stereocenters. The zero-order chi connectivity index (χ0) is 15.5. The summed E-state index contributed by atoms with van der Waals surface area (Å²) in [5, 5.41) is 0. The predicted octanol–water partition coefficient (Wildman–Crippen LogP) is 2.30. The number of halogens is 2. The van der Waals surface area contributed by atoms with Crippen molar-refractivity contribution in [3.05, 3.63) is 0 Å². The minimum Gasteiger partial charge on any atom is -0.330 e. The van der Waals surface area contributed by atoms with Crippen LogP contribution in [0.2, 0.25) is 0 Å². The fourth-order valence-electron chi connectivity index (χ4n) is 5.45. The molecular weight excluding hydrogens is 300 g/mol. The zero-order valence-corrected chi connectivity index (χ0v) is 12.8. The van der Waals surface area contributed by atoms with Gasteiger partial charge in [0.1, 0.15) is 0 Å². The Morgan fingerprint density at radius 1 is 1.19 bits per heavy atom. The molecule has 0 amide bonds. The van der Waals surface area contributed by atoms with Crippen molar-refractivity contribution in [3.63, 3.8) is 0 Å². The second kappa shape index (κ2) is 4.86. The van der Waals surface area contributed by atoms with Crippen molar-refractivity contribution < 1.29 is 21.8 Å². The third kappa shape index (κ3) is 2.61. The zero-order valence-electron chi connectivity index (χ0n) is 12.0. The molecule has 122 valence electrons. The molecule has 0 aromatic heterocycles. The van der Waals surface area contributed by atoms with E-state index in [1.165, 1.54) is 0 Å². The lowest BCUT2D eigenvalue weighted by Gasteiger charge is -2.61. The van der Waals surface area contributed by atoms with Crippen molar-refractivity contribution in [2.45, 2.75) is 44.4 Å². The van der Waals surface area contributed by atoms with Crippen LogP contribution in [0.15, 0.2) is 0 Å². The standard InChI is InChI=1S/C14H23F2NO3S/c15-14(16)12-2-9-1-10(3-12)5-13(14,4-9)6-11(7-17)8-21(18,19)20/h9-12H,1-8,17H2,(H,18,19,20)/t9-,10+,11?,12?,13?. The summed E-state index contributed by atoms with van der Waals surface area (Å²) >= 11 is 0. The molecule has 3 N–H and O–H groups in total. The van der Waals surface area contributed by atoms with E-state index in [1.54, 1.807) is 0 Å². The number of hydrogen-bond donors (Lipinski definition) is 2. The molecule has 4 fully saturated rings. The minimum atomic E-state index is -4.18. The first-order valence-electron chi connectivity index (χ1n) is 7.68. The Kier molecular flexibility index (Phi) is 3.62. The molecule has 4 aliphatic carbocycles. The number of rotatable bonds is 5. The third-order valence-corrected chi connectivity index (χ3v) is 6.83. The molecule has 0 aromatic carbocycles. The first-order valence-corrected chi connectivity index (χ1v) is 9.29. The van der Waals surface area contributed by atoms with E-state index in [4.69, 9.17) is 10.3 Å². The average molecular weight is 323 g/mol. The van der Waals surface area contributed by atoms with Crippen molar-refractivity contribution in [3.8, 4) is 0 Å². The van der Waals surface area contributed by atoms with Crippen molar-refractivity contribution in [2.75, 3.05) is 12.3 Å². The van der Waals surface area contributed by atoms with Crippen LogP contribution in [0.25, 0.3) is 0 Å². The summed E-state index contributed by atoms with van der Waals surface area (Å²) in [6.07, 6.45) is 3.33. The fraction of sp³-hybridized carbons (Fsp3) is 1.00. The maximum absolute atomic E-state index is 14.8. The Labute approximate surface area is 124 Å². The Morgan fingerprint density at radius 3 is 2.24 bits per heavy atom. The molecule has 0 radical (unpaired) electrons. The first kappa shape index (κ1) is 15.6. The second-order valence-corrected chi connectivity index (χ2v) is 9.00. The smallest absolute Gasteiger partial charge is 0.265 e. The molecule has 0 aliphatic heterocycles. The van der Waals surface area contributed by atoms with Crippen LogP contribution in [0.3, 0.4) is 0 Å². The average Bonchev–Trinajstić information content (AvgIpc) is 2.33. The van der Waals surface area contributed by atoms with E-state index in [0.717, 1.165) is 6.42 Å². The van der Waals surface area contributed by atoms with E-state index in [9.17, 15) is 17.2 Å². The van der Waals surface area contributed by atoms with Gasteiger partial charge in [0.05, 0.1) is 5.75 Å². The monoisotopic (exact) mass is 323 g/mol. The van der Waals surface area contributed by atoms with Gasteiger partial charge in [-0.05, 0) is 62.8 Å². The molecule has 4 bridgehead atoms. The highest BCUT2D eigenvalue weighted by molar-refractivity contribution is 7.85. The van der Waals surface area contributed by atoms with Gasteiger partial charge in [-0.1, -0.05) is 0 Å². The van der Waals surface area contributed by atoms with Gasteiger partial charge in [-0.25, -0.2) is 8.78 Å². The number of alkyl halides is 2. The normalized spacial score (nSPS) is 42.2. The Hall–Kier alpha value is -0.270. The van der Waals surface area contributed by atoms with E-state index in [2.05, 4.69) is 0 Å². The molecule has 0 aromatic rings. The second-order valence-electron chi connectivity index (χ2n) is 7.50. The largest absolute Gasteiger partial charge is 0.330 e. The Balaban J connectivity index is 1.85. The number of nitrogens with two attached hydrogens (primary N) is 1. The lowest BCUT2D eigenvalue weighted by molar-refractivity contribution is -0.261. The van der Waals surface area contributed by atoms with Crippen LogP contribution in [0, 0.1) is 29.1 Å². The molecule has 21 heavy (non-hydrogen) atoms. The molecule has 7 heteroatoms. The Morgan fingerprint density at radius 2 is 1.76 bits per heavy atom. The SMILES string of the molecule is NCC(CC12C[C@@H]3CC(C[C@@H](C3)C1)C2(F)F)CS(=O)(=O)O. The van der Waals surface area contributed by atoms with Gasteiger partial charge in [0, 0.05) is 11.3 Å². The molecule has 4 aliphatic rings. The van der Waals surface area contributed by atoms with Gasteiger partial charge in [0.15, 0.2) is 0 Å². The summed E-state index contributed by atoms with van der Waals surface area (Å²) in [6.45, 7) is 0.0115. The van der Waals surface area contributed by atoms with Gasteiger partial charge < -0.3 is 5.73 Å². The summed E-state index contributed by atoms with van der Waals surface area (Å²) < 4.78 is 60.8. The fourth-order valence-corrected chi connectivity index (χ4v) is 6.30. The number of hydrogen-bond acceptors (Lipinski definition) is 3. The molecule has 4 saturated carbocycles. The summed E-state index contributed by atoms with van der Waals surface area (Å²) in [7, 11) is -4.18. The van der Waals surface area contributed by atoms with E-state index in [-0.39, 0.29) is 13.0 Å². The first-order chi connectivity index (χ1) is 9.65. The van der Waals surface area contributed by atoms with Gasteiger partial charge in [0.2, 0.25) is 0 Å². The molecule has 0 heterocycles. The van der Waals surface area contributed by atoms with Crippen molar-refractivity contribution in [2.24, 2.45) is 34.8 Å². The quantitative estimate of drug-likeness (QED) is 0.761. The van der Waals surface area contributed by atoms with Crippen LogP contribution in [-0.4, -0.2) is 31.2 Å². The van der Waals surface area contributed by atoms with Crippen molar-refractivity contribution in [1.29, 1.82) is 0 Å². The van der Waals surface area contributed by atoms with Crippen molar-refractivity contribution in [1.82, 2.24) is 0 Å². The lowest BCUT2D eigenvalue weighted by Crippen LogP contribution is -2.61. The minimum absolute atomic E-state index is 0.0115. The van der Waals surface area contributed by atoms with E-state index in [0.29, 0.717) is 37.5 Å². The van der Waals surface area contributed by atoms with Gasteiger partial charge in [-0.2, -0.15) is 8.42 Å². The van der Waals surface area contributed by atoms with Crippen LogP contribution in [-0.2, 0) is 10.1 Å². The van der Waals surface area contributed by atoms with E-state index < -0.39 is 39.0 Å². The molecule has 0 saturated heterocycles. The maximum Gasteiger partial charge on any atom is 0.265 e.